The Morgan fingerprint density at radius 2 is 2.27 bits per heavy atom. The van der Waals surface area contributed by atoms with E-state index in [2.05, 4.69) is 6.92 Å². The number of carbonyl (C=O) groups is 1. The first-order valence-electron chi connectivity index (χ1n) is 5.59. The van der Waals surface area contributed by atoms with Crippen LogP contribution in [-0.4, -0.2) is 36.0 Å². The van der Waals surface area contributed by atoms with E-state index in [0.29, 0.717) is 13.2 Å². The monoisotopic (exact) mass is 215 g/mol. The van der Waals surface area contributed by atoms with Gasteiger partial charge in [0, 0.05) is 0 Å². The molecule has 1 aliphatic heterocycles. The molecule has 0 radical (unpaired) electrons. The molecule has 1 amide bonds. The molecule has 1 fully saturated rings. The third kappa shape index (κ3) is 2.84. The van der Waals surface area contributed by atoms with Gasteiger partial charge in [-0.05, 0) is 27.2 Å². The summed E-state index contributed by atoms with van der Waals surface area (Å²) in [6, 6.07) is 0.0918. The first-order chi connectivity index (χ1) is 6.99. The highest BCUT2D eigenvalue weighted by atomic mass is 16.6. The van der Waals surface area contributed by atoms with E-state index in [1.54, 1.807) is 4.90 Å². The van der Waals surface area contributed by atoms with Crippen LogP contribution in [0.15, 0.2) is 0 Å². The van der Waals surface area contributed by atoms with Gasteiger partial charge in [0.1, 0.15) is 5.72 Å². The van der Waals surface area contributed by atoms with E-state index in [9.17, 15) is 4.79 Å². The molecule has 0 aromatic carbocycles. The number of rotatable bonds is 3. The standard InChI is InChI=1S/C11H21NO3/c1-5-6-7-14-10(13)12-9(2)8-15-11(12,3)4/h9H,5-8H2,1-4H3. The van der Waals surface area contributed by atoms with E-state index >= 15 is 0 Å². The zero-order valence-electron chi connectivity index (χ0n) is 10.1. The summed E-state index contributed by atoms with van der Waals surface area (Å²) in [5.74, 6) is 0. The van der Waals surface area contributed by atoms with Gasteiger partial charge in [-0.1, -0.05) is 13.3 Å². The molecule has 1 heterocycles. The van der Waals surface area contributed by atoms with Crippen LogP contribution in [0.3, 0.4) is 0 Å². The maximum atomic E-state index is 11.8. The Morgan fingerprint density at radius 3 is 2.73 bits per heavy atom. The fourth-order valence-corrected chi connectivity index (χ4v) is 1.77. The Morgan fingerprint density at radius 1 is 1.60 bits per heavy atom. The molecule has 1 aliphatic rings. The van der Waals surface area contributed by atoms with Crippen LogP contribution in [0.2, 0.25) is 0 Å². The zero-order valence-corrected chi connectivity index (χ0v) is 10.1. The predicted molar refractivity (Wildman–Crippen MR) is 57.6 cm³/mol. The van der Waals surface area contributed by atoms with Crippen molar-refractivity contribution in [1.82, 2.24) is 4.90 Å². The van der Waals surface area contributed by atoms with Crippen molar-refractivity contribution < 1.29 is 14.3 Å². The Labute approximate surface area is 91.5 Å². The van der Waals surface area contributed by atoms with Crippen LogP contribution in [0, 0.1) is 0 Å². The predicted octanol–water partition coefficient (Wildman–Crippen LogP) is 2.38. The number of nitrogens with zero attached hydrogens (tertiary/aromatic N) is 1. The molecule has 0 aromatic heterocycles. The van der Waals surface area contributed by atoms with Crippen LogP contribution < -0.4 is 0 Å². The number of amides is 1. The van der Waals surface area contributed by atoms with Gasteiger partial charge in [-0.2, -0.15) is 0 Å². The summed E-state index contributed by atoms with van der Waals surface area (Å²) in [6.07, 6.45) is 1.68. The molecule has 1 rings (SSSR count). The topological polar surface area (TPSA) is 38.8 Å². The molecule has 1 atom stereocenters. The minimum Gasteiger partial charge on any atom is -0.449 e. The average molecular weight is 215 g/mol. The van der Waals surface area contributed by atoms with Crippen LogP contribution in [0.5, 0.6) is 0 Å². The van der Waals surface area contributed by atoms with E-state index in [-0.39, 0.29) is 12.1 Å². The Kier molecular flexibility index (Phi) is 3.97. The lowest BCUT2D eigenvalue weighted by molar-refractivity contribution is -0.0476. The van der Waals surface area contributed by atoms with Crippen LogP contribution in [0.25, 0.3) is 0 Å². The number of carbonyl (C=O) groups excluding carboxylic acids is 1. The maximum Gasteiger partial charge on any atom is 0.412 e. The van der Waals surface area contributed by atoms with Gasteiger partial charge in [-0.25, -0.2) is 4.79 Å². The van der Waals surface area contributed by atoms with E-state index < -0.39 is 5.72 Å². The minimum absolute atomic E-state index is 0.0918. The van der Waals surface area contributed by atoms with Gasteiger partial charge in [0.05, 0.1) is 19.3 Å². The van der Waals surface area contributed by atoms with Crippen molar-refractivity contribution in [2.75, 3.05) is 13.2 Å². The smallest absolute Gasteiger partial charge is 0.412 e. The summed E-state index contributed by atoms with van der Waals surface area (Å²) in [5, 5.41) is 0. The fraction of sp³-hybridized carbons (Fsp3) is 0.909. The zero-order chi connectivity index (χ0) is 11.5. The molecule has 0 aromatic rings. The van der Waals surface area contributed by atoms with E-state index in [1.165, 1.54) is 0 Å². The number of hydrogen-bond acceptors (Lipinski definition) is 3. The second kappa shape index (κ2) is 4.84. The molecular formula is C11H21NO3. The second-order valence-corrected chi connectivity index (χ2v) is 4.44. The normalized spacial score (nSPS) is 24.3. The lowest BCUT2D eigenvalue weighted by atomic mass is 10.2. The third-order valence-electron chi connectivity index (χ3n) is 2.62. The molecule has 0 bridgehead atoms. The first kappa shape index (κ1) is 12.3. The van der Waals surface area contributed by atoms with E-state index in [1.807, 2.05) is 20.8 Å². The fourth-order valence-electron chi connectivity index (χ4n) is 1.77. The quantitative estimate of drug-likeness (QED) is 0.678. The van der Waals surface area contributed by atoms with Gasteiger partial charge in [0.25, 0.3) is 0 Å². The lowest BCUT2D eigenvalue weighted by Gasteiger charge is -2.31. The van der Waals surface area contributed by atoms with Crippen molar-refractivity contribution in [3.05, 3.63) is 0 Å². The molecule has 4 nitrogen and oxygen atoms in total. The number of unbranched alkanes of at least 4 members (excludes halogenated alkanes) is 1. The largest absolute Gasteiger partial charge is 0.449 e. The summed E-state index contributed by atoms with van der Waals surface area (Å²) < 4.78 is 10.7. The minimum atomic E-state index is -0.539. The van der Waals surface area contributed by atoms with Crippen molar-refractivity contribution in [2.45, 2.75) is 52.3 Å². The van der Waals surface area contributed by atoms with Gasteiger partial charge < -0.3 is 9.47 Å². The highest BCUT2D eigenvalue weighted by Crippen LogP contribution is 2.27. The lowest BCUT2D eigenvalue weighted by Crippen LogP contribution is -2.47. The van der Waals surface area contributed by atoms with Crippen LogP contribution in [0.1, 0.15) is 40.5 Å². The van der Waals surface area contributed by atoms with Gasteiger partial charge in [0.2, 0.25) is 0 Å². The van der Waals surface area contributed by atoms with Crippen molar-refractivity contribution in [3.8, 4) is 0 Å². The van der Waals surface area contributed by atoms with Crippen LogP contribution >= 0.6 is 0 Å². The summed E-state index contributed by atoms with van der Waals surface area (Å²) >= 11 is 0. The van der Waals surface area contributed by atoms with Crippen molar-refractivity contribution in [3.63, 3.8) is 0 Å². The van der Waals surface area contributed by atoms with E-state index in [4.69, 9.17) is 9.47 Å². The second-order valence-electron chi connectivity index (χ2n) is 4.44. The summed E-state index contributed by atoms with van der Waals surface area (Å²) in [7, 11) is 0. The van der Waals surface area contributed by atoms with Gasteiger partial charge >= 0.3 is 6.09 Å². The molecule has 0 spiro atoms. The SMILES string of the molecule is CCCCOC(=O)N1C(C)COC1(C)C. The van der Waals surface area contributed by atoms with Gasteiger partial charge in [-0.15, -0.1) is 0 Å². The van der Waals surface area contributed by atoms with Crippen LogP contribution in [-0.2, 0) is 9.47 Å². The molecule has 1 saturated heterocycles. The van der Waals surface area contributed by atoms with Crippen molar-refractivity contribution >= 4 is 6.09 Å². The Balaban J connectivity index is 2.50. The number of ether oxygens (including phenoxy) is 2. The highest BCUT2D eigenvalue weighted by molar-refractivity contribution is 5.69. The third-order valence-corrected chi connectivity index (χ3v) is 2.62. The molecule has 0 N–H and O–H groups in total. The molecular weight excluding hydrogens is 194 g/mol. The number of hydrogen-bond donors (Lipinski definition) is 0. The van der Waals surface area contributed by atoms with Crippen LogP contribution in [0.4, 0.5) is 4.79 Å². The summed E-state index contributed by atoms with van der Waals surface area (Å²) in [4.78, 5) is 13.4. The highest BCUT2D eigenvalue weighted by Gasteiger charge is 2.42. The van der Waals surface area contributed by atoms with Gasteiger partial charge in [0.15, 0.2) is 0 Å². The Hall–Kier alpha value is -0.770. The maximum absolute atomic E-state index is 11.8. The van der Waals surface area contributed by atoms with Crippen molar-refractivity contribution in [2.24, 2.45) is 0 Å². The molecule has 0 aliphatic carbocycles. The Bertz CT molecular complexity index is 228. The molecule has 0 saturated carbocycles. The first-order valence-corrected chi connectivity index (χ1v) is 5.59. The molecule has 4 heteroatoms. The van der Waals surface area contributed by atoms with E-state index in [0.717, 1.165) is 12.8 Å². The summed E-state index contributed by atoms with van der Waals surface area (Å²) in [5.41, 5.74) is -0.539. The van der Waals surface area contributed by atoms with Crippen molar-refractivity contribution in [1.29, 1.82) is 0 Å². The average Bonchev–Trinajstić information content (AvgIpc) is 2.41. The molecule has 1 unspecified atom stereocenters. The summed E-state index contributed by atoms with van der Waals surface area (Å²) in [6.45, 7) is 8.88. The molecule has 88 valence electrons. The molecule has 15 heavy (non-hydrogen) atoms. The van der Waals surface area contributed by atoms with Gasteiger partial charge in [-0.3, -0.25) is 4.90 Å².